The monoisotopic (exact) mass is 288 g/mol. The Labute approximate surface area is 132 Å². The minimum absolute atomic E-state index is 0.0477. The van der Waals surface area contributed by atoms with Crippen LogP contribution in [0.3, 0.4) is 0 Å². The third-order valence-electron chi connectivity index (χ3n) is 3.83. The highest BCUT2D eigenvalue weighted by Crippen LogP contribution is 2.36. The van der Waals surface area contributed by atoms with Crippen LogP contribution in [0.1, 0.15) is 25.0 Å². The second-order valence-electron chi connectivity index (χ2n) is 5.44. The Hall–Kier alpha value is -2.54. The second kappa shape index (κ2) is 6.48. The van der Waals surface area contributed by atoms with Crippen LogP contribution in [-0.4, -0.2) is 6.10 Å². The fraction of sp³-hybridized carbons (Fsp3) is 0.143. The van der Waals surface area contributed by atoms with E-state index in [2.05, 4.69) is 55.5 Å². The van der Waals surface area contributed by atoms with Gasteiger partial charge < -0.3 is 4.74 Å². The van der Waals surface area contributed by atoms with Crippen LogP contribution in [0, 0.1) is 0 Å². The molecule has 110 valence electrons. The molecule has 1 aliphatic rings. The minimum atomic E-state index is -0.0477. The lowest BCUT2D eigenvalue weighted by molar-refractivity contribution is 0.289. The molecule has 0 bridgehead atoms. The molecule has 1 nitrogen and oxygen atoms in total. The van der Waals surface area contributed by atoms with Gasteiger partial charge in [-0.1, -0.05) is 66.8 Å². The Bertz CT molecular complexity index is 736. The number of allylic oxidation sites excluding steroid dienone is 3. The van der Waals surface area contributed by atoms with E-state index < -0.39 is 0 Å². The Morgan fingerprint density at radius 2 is 1.73 bits per heavy atom. The first-order valence-electron chi connectivity index (χ1n) is 7.62. The number of ether oxygens (including phenoxy) is 1. The van der Waals surface area contributed by atoms with Gasteiger partial charge in [-0.15, -0.1) is 0 Å². The molecule has 0 fully saturated rings. The van der Waals surface area contributed by atoms with E-state index in [-0.39, 0.29) is 6.10 Å². The summed E-state index contributed by atoms with van der Waals surface area (Å²) in [5.41, 5.74) is 4.74. The SMILES string of the molecule is C/C=C\C=C(/C)C1Oc2ccccc2C=C1c1ccccc1. The number of para-hydroxylation sites is 1. The van der Waals surface area contributed by atoms with E-state index in [0.717, 1.165) is 11.3 Å². The molecule has 0 saturated heterocycles. The predicted octanol–water partition coefficient (Wildman–Crippen LogP) is 5.51. The van der Waals surface area contributed by atoms with Gasteiger partial charge in [-0.2, -0.15) is 0 Å². The summed E-state index contributed by atoms with van der Waals surface area (Å²) in [5, 5.41) is 0. The summed E-state index contributed by atoms with van der Waals surface area (Å²) in [5.74, 6) is 0.945. The van der Waals surface area contributed by atoms with Gasteiger partial charge in [-0.3, -0.25) is 0 Å². The molecule has 1 unspecified atom stereocenters. The Morgan fingerprint density at radius 3 is 2.50 bits per heavy atom. The van der Waals surface area contributed by atoms with Gasteiger partial charge in [-0.25, -0.2) is 0 Å². The molecule has 0 aromatic heterocycles. The Kier molecular flexibility index (Phi) is 4.24. The summed E-state index contributed by atoms with van der Waals surface area (Å²) in [4.78, 5) is 0. The van der Waals surface area contributed by atoms with Gasteiger partial charge in [0.1, 0.15) is 11.9 Å². The van der Waals surface area contributed by atoms with Crippen molar-refractivity contribution in [1.29, 1.82) is 0 Å². The number of rotatable bonds is 3. The van der Waals surface area contributed by atoms with Crippen molar-refractivity contribution in [3.05, 3.63) is 89.5 Å². The van der Waals surface area contributed by atoms with Crippen molar-refractivity contribution in [2.24, 2.45) is 0 Å². The van der Waals surface area contributed by atoms with E-state index in [1.165, 1.54) is 16.7 Å². The fourth-order valence-corrected chi connectivity index (χ4v) is 2.68. The highest BCUT2D eigenvalue weighted by molar-refractivity contribution is 5.88. The fourth-order valence-electron chi connectivity index (χ4n) is 2.68. The molecule has 0 N–H and O–H groups in total. The van der Waals surface area contributed by atoms with Gasteiger partial charge >= 0.3 is 0 Å². The standard InChI is InChI=1S/C21H20O/c1-3-4-10-16(2)21-19(17-11-6-5-7-12-17)15-18-13-8-9-14-20(18)22-21/h3-15,21H,1-2H3/b4-3-,16-10+. The van der Waals surface area contributed by atoms with Crippen molar-refractivity contribution in [3.63, 3.8) is 0 Å². The summed E-state index contributed by atoms with van der Waals surface area (Å²) >= 11 is 0. The van der Waals surface area contributed by atoms with Gasteiger partial charge in [0.05, 0.1) is 0 Å². The van der Waals surface area contributed by atoms with Crippen LogP contribution >= 0.6 is 0 Å². The highest BCUT2D eigenvalue weighted by atomic mass is 16.5. The normalized spacial score (nSPS) is 17.8. The van der Waals surface area contributed by atoms with E-state index in [1.807, 2.05) is 37.3 Å². The molecular formula is C21H20O. The summed E-state index contributed by atoms with van der Waals surface area (Å²) in [6.45, 7) is 4.14. The minimum Gasteiger partial charge on any atom is -0.481 e. The molecule has 0 amide bonds. The topological polar surface area (TPSA) is 9.23 Å². The summed E-state index contributed by atoms with van der Waals surface area (Å²) in [7, 11) is 0. The van der Waals surface area contributed by atoms with Crippen LogP contribution < -0.4 is 4.74 Å². The van der Waals surface area contributed by atoms with Crippen molar-refractivity contribution in [2.45, 2.75) is 20.0 Å². The lowest BCUT2D eigenvalue weighted by Crippen LogP contribution is -2.23. The number of fused-ring (bicyclic) bond motifs is 1. The summed E-state index contributed by atoms with van der Waals surface area (Å²) in [6.07, 6.45) is 8.41. The third-order valence-corrected chi connectivity index (χ3v) is 3.83. The number of hydrogen-bond acceptors (Lipinski definition) is 1. The zero-order valence-corrected chi connectivity index (χ0v) is 13.0. The van der Waals surface area contributed by atoms with Gasteiger partial charge in [0.2, 0.25) is 0 Å². The maximum absolute atomic E-state index is 6.29. The first-order chi connectivity index (χ1) is 10.8. The van der Waals surface area contributed by atoms with Crippen molar-refractivity contribution < 1.29 is 4.74 Å². The lowest BCUT2D eigenvalue weighted by atomic mass is 9.91. The summed E-state index contributed by atoms with van der Waals surface area (Å²) in [6, 6.07) is 18.6. The molecule has 0 saturated carbocycles. The average molecular weight is 288 g/mol. The molecule has 2 aromatic rings. The van der Waals surface area contributed by atoms with E-state index >= 15 is 0 Å². The van der Waals surface area contributed by atoms with Crippen LogP contribution in [0.2, 0.25) is 0 Å². The molecule has 1 heterocycles. The van der Waals surface area contributed by atoms with Crippen LogP contribution in [0.25, 0.3) is 11.6 Å². The Morgan fingerprint density at radius 1 is 1.00 bits per heavy atom. The van der Waals surface area contributed by atoms with Gasteiger partial charge in [0.15, 0.2) is 0 Å². The molecule has 1 aliphatic heterocycles. The maximum Gasteiger partial charge on any atom is 0.146 e. The Balaban J connectivity index is 2.09. The van der Waals surface area contributed by atoms with E-state index in [9.17, 15) is 0 Å². The van der Waals surface area contributed by atoms with Crippen molar-refractivity contribution in [1.82, 2.24) is 0 Å². The lowest BCUT2D eigenvalue weighted by Gasteiger charge is -2.28. The van der Waals surface area contributed by atoms with Crippen molar-refractivity contribution in [3.8, 4) is 5.75 Å². The molecule has 0 aliphatic carbocycles. The summed E-state index contributed by atoms with van der Waals surface area (Å²) < 4.78 is 6.29. The van der Waals surface area contributed by atoms with Crippen LogP contribution in [0.5, 0.6) is 5.75 Å². The zero-order valence-electron chi connectivity index (χ0n) is 13.0. The van der Waals surface area contributed by atoms with Crippen LogP contribution in [-0.2, 0) is 0 Å². The molecule has 1 heteroatoms. The molecule has 3 rings (SSSR count). The predicted molar refractivity (Wildman–Crippen MR) is 93.7 cm³/mol. The third kappa shape index (κ3) is 2.89. The first kappa shape index (κ1) is 14.4. The molecule has 1 atom stereocenters. The van der Waals surface area contributed by atoms with Crippen LogP contribution in [0.4, 0.5) is 0 Å². The number of hydrogen-bond donors (Lipinski definition) is 0. The van der Waals surface area contributed by atoms with E-state index in [0.29, 0.717) is 0 Å². The first-order valence-corrected chi connectivity index (χ1v) is 7.62. The molecular weight excluding hydrogens is 268 g/mol. The quantitative estimate of drug-likeness (QED) is 0.677. The van der Waals surface area contributed by atoms with E-state index in [4.69, 9.17) is 4.74 Å². The van der Waals surface area contributed by atoms with Crippen LogP contribution in [0.15, 0.2) is 78.4 Å². The maximum atomic E-state index is 6.29. The van der Waals surface area contributed by atoms with Crippen molar-refractivity contribution in [2.75, 3.05) is 0 Å². The van der Waals surface area contributed by atoms with Gasteiger partial charge in [-0.05, 0) is 37.1 Å². The second-order valence-corrected chi connectivity index (χ2v) is 5.44. The largest absolute Gasteiger partial charge is 0.481 e. The van der Waals surface area contributed by atoms with Gasteiger partial charge in [0.25, 0.3) is 0 Å². The average Bonchev–Trinajstić information content (AvgIpc) is 2.59. The van der Waals surface area contributed by atoms with E-state index in [1.54, 1.807) is 0 Å². The zero-order chi connectivity index (χ0) is 15.4. The smallest absolute Gasteiger partial charge is 0.146 e. The molecule has 2 aromatic carbocycles. The van der Waals surface area contributed by atoms with Crippen molar-refractivity contribution >= 4 is 11.6 Å². The van der Waals surface area contributed by atoms with Gasteiger partial charge in [0, 0.05) is 11.1 Å². The number of benzene rings is 2. The molecule has 0 radical (unpaired) electrons. The highest BCUT2D eigenvalue weighted by Gasteiger charge is 2.24. The molecule has 22 heavy (non-hydrogen) atoms. The molecule has 0 spiro atoms.